The zero-order valence-electron chi connectivity index (χ0n) is 10.2. The molecule has 0 saturated heterocycles. The van der Waals surface area contributed by atoms with Gasteiger partial charge in [-0.05, 0) is 42.5 Å². The average Bonchev–Trinajstić information content (AvgIpc) is 2.38. The van der Waals surface area contributed by atoms with E-state index >= 15 is 0 Å². The topological polar surface area (TPSA) is 63.4 Å². The fourth-order valence-electron chi connectivity index (χ4n) is 1.61. The third-order valence-corrected chi connectivity index (χ3v) is 4.51. The van der Waals surface area contributed by atoms with E-state index in [1.165, 1.54) is 49.5 Å². The van der Waals surface area contributed by atoms with Crippen LogP contribution in [-0.4, -0.2) is 15.5 Å². The van der Waals surface area contributed by atoms with Crippen molar-refractivity contribution in [3.05, 3.63) is 54.3 Å². The molecule has 0 aliphatic heterocycles. The van der Waals surface area contributed by atoms with Crippen molar-refractivity contribution >= 4 is 21.4 Å². The van der Waals surface area contributed by atoms with Crippen molar-refractivity contribution in [1.29, 1.82) is 0 Å². The van der Waals surface area contributed by atoms with Crippen LogP contribution < -0.4 is 10.0 Å². The quantitative estimate of drug-likeness (QED) is 0.877. The summed E-state index contributed by atoms with van der Waals surface area (Å²) in [6, 6.07) is 11.2. The molecule has 0 aliphatic carbocycles. The first-order chi connectivity index (χ1) is 8.91. The maximum atomic E-state index is 13.1. The molecule has 2 rings (SSSR count). The van der Waals surface area contributed by atoms with Gasteiger partial charge in [-0.1, -0.05) is 6.07 Å². The molecule has 0 amide bonds. The number of hydrogen-bond donors (Lipinski definition) is 1. The molecule has 0 fully saturated rings. The van der Waals surface area contributed by atoms with Crippen LogP contribution in [0.25, 0.3) is 0 Å². The minimum absolute atomic E-state index is 0.105. The van der Waals surface area contributed by atoms with E-state index in [-0.39, 0.29) is 10.6 Å². The molecule has 2 N–H and O–H groups in total. The lowest BCUT2D eigenvalue weighted by Crippen LogP contribution is -2.26. The molecule has 2 aromatic rings. The highest BCUT2D eigenvalue weighted by atomic mass is 32.2. The average molecular weight is 280 g/mol. The maximum absolute atomic E-state index is 13.1. The molecule has 2 aromatic carbocycles. The van der Waals surface area contributed by atoms with Gasteiger partial charge in [0.15, 0.2) is 0 Å². The van der Waals surface area contributed by atoms with Crippen molar-refractivity contribution in [3.8, 4) is 0 Å². The third kappa shape index (κ3) is 2.68. The second kappa shape index (κ2) is 4.89. The molecule has 100 valence electrons. The first-order valence-corrected chi connectivity index (χ1v) is 6.95. The van der Waals surface area contributed by atoms with Gasteiger partial charge in [-0.25, -0.2) is 12.8 Å². The number of benzene rings is 2. The van der Waals surface area contributed by atoms with E-state index in [1.54, 1.807) is 0 Å². The molecular formula is C13H13FN2O2S. The second-order valence-electron chi connectivity index (χ2n) is 4.02. The van der Waals surface area contributed by atoms with Crippen LogP contribution in [0.4, 0.5) is 15.8 Å². The number of nitrogen functional groups attached to an aromatic ring is 1. The Labute approximate surface area is 111 Å². The van der Waals surface area contributed by atoms with Gasteiger partial charge in [-0.2, -0.15) is 0 Å². The maximum Gasteiger partial charge on any atom is 0.264 e. The number of anilines is 2. The number of halogens is 1. The van der Waals surface area contributed by atoms with Crippen molar-refractivity contribution in [2.45, 2.75) is 4.90 Å². The minimum Gasteiger partial charge on any atom is -0.399 e. The van der Waals surface area contributed by atoms with Crippen LogP contribution in [0.2, 0.25) is 0 Å². The molecule has 19 heavy (non-hydrogen) atoms. The van der Waals surface area contributed by atoms with E-state index in [4.69, 9.17) is 5.73 Å². The molecule has 0 unspecified atom stereocenters. The van der Waals surface area contributed by atoms with Crippen LogP contribution in [0.15, 0.2) is 53.4 Å². The van der Waals surface area contributed by atoms with Gasteiger partial charge >= 0.3 is 0 Å². The zero-order valence-corrected chi connectivity index (χ0v) is 11.1. The number of nitrogens with two attached hydrogens (primary N) is 1. The Balaban J connectivity index is 2.42. The van der Waals surface area contributed by atoms with Gasteiger partial charge in [0, 0.05) is 12.7 Å². The van der Waals surface area contributed by atoms with Gasteiger partial charge < -0.3 is 5.73 Å². The molecule has 0 spiro atoms. The highest BCUT2D eigenvalue weighted by Crippen LogP contribution is 2.23. The molecule has 0 saturated carbocycles. The molecule has 0 radical (unpaired) electrons. The Kier molecular flexibility index (Phi) is 3.44. The van der Waals surface area contributed by atoms with Crippen molar-refractivity contribution in [3.63, 3.8) is 0 Å². The predicted molar refractivity (Wildman–Crippen MR) is 72.8 cm³/mol. The molecule has 0 aliphatic rings. The Bertz CT molecular complexity index is 684. The van der Waals surface area contributed by atoms with Gasteiger partial charge in [0.25, 0.3) is 10.0 Å². The summed E-state index contributed by atoms with van der Waals surface area (Å²) in [4.78, 5) is 0.105. The second-order valence-corrected chi connectivity index (χ2v) is 5.99. The molecule has 0 heterocycles. The monoisotopic (exact) mass is 280 g/mol. The standard InChI is InChI=1S/C13H13FN2O2S/c1-16(12-4-2-3-10(14)9-12)19(17,18)13-7-5-11(15)6-8-13/h2-9H,15H2,1H3. The van der Waals surface area contributed by atoms with Gasteiger partial charge in [0.05, 0.1) is 10.6 Å². The Morgan fingerprint density at radius 2 is 1.74 bits per heavy atom. The number of sulfonamides is 1. The molecule has 0 bridgehead atoms. The van der Waals surface area contributed by atoms with Gasteiger partial charge in [-0.15, -0.1) is 0 Å². The summed E-state index contributed by atoms with van der Waals surface area (Å²) in [5.41, 5.74) is 6.26. The molecular weight excluding hydrogens is 267 g/mol. The van der Waals surface area contributed by atoms with Crippen molar-refractivity contribution in [2.75, 3.05) is 17.1 Å². The Morgan fingerprint density at radius 1 is 1.11 bits per heavy atom. The fourth-order valence-corrected chi connectivity index (χ4v) is 2.80. The summed E-state index contributed by atoms with van der Waals surface area (Å²) < 4.78 is 38.8. The fraction of sp³-hybridized carbons (Fsp3) is 0.0769. The van der Waals surface area contributed by atoms with Crippen LogP contribution in [0, 0.1) is 5.82 Å². The summed E-state index contributed by atoms with van der Waals surface area (Å²) in [7, 11) is -2.34. The lowest BCUT2D eigenvalue weighted by Gasteiger charge is -2.19. The minimum atomic E-state index is -3.71. The summed E-state index contributed by atoms with van der Waals surface area (Å²) in [5.74, 6) is -0.489. The molecule has 0 atom stereocenters. The molecule has 4 nitrogen and oxygen atoms in total. The van der Waals surface area contributed by atoms with Gasteiger partial charge in [0.2, 0.25) is 0 Å². The molecule has 6 heteroatoms. The first kappa shape index (κ1) is 13.4. The summed E-state index contributed by atoms with van der Waals surface area (Å²) in [5, 5.41) is 0. The summed E-state index contributed by atoms with van der Waals surface area (Å²) >= 11 is 0. The number of rotatable bonds is 3. The van der Waals surface area contributed by atoms with E-state index < -0.39 is 15.8 Å². The van der Waals surface area contributed by atoms with Crippen molar-refractivity contribution < 1.29 is 12.8 Å². The van der Waals surface area contributed by atoms with Crippen molar-refractivity contribution in [1.82, 2.24) is 0 Å². The van der Waals surface area contributed by atoms with Crippen LogP contribution in [0.3, 0.4) is 0 Å². The lowest BCUT2D eigenvalue weighted by atomic mass is 10.3. The van der Waals surface area contributed by atoms with E-state index in [9.17, 15) is 12.8 Å². The summed E-state index contributed by atoms with van der Waals surface area (Å²) in [6.45, 7) is 0. The van der Waals surface area contributed by atoms with E-state index in [1.807, 2.05) is 0 Å². The highest BCUT2D eigenvalue weighted by molar-refractivity contribution is 7.92. The predicted octanol–water partition coefficient (Wildman–Crippen LogP) is 2.23. The van der Waals surface area contributed by atoms with E-state index in [0.29, 0.717) is 5.69 Å². The van der Waals surface area contributed by atoms with E-state index in [2.05, 4.69) is 0 Å². The van der Waals surface area contributed by atoms with Crippen LogP contribution in [0.1, 0.15) is 0 Å². The number of hydrogen-bond acceptors (Lipinski definition) is 3. The number of nitrogens with zero attached hydrogens (tertiary/aromatic N) is 1. The van der Waals surface area contributed by atoms with Crippen LogP contribution in [0.5, 0.6) is 0 Å². The van der Waals surface area contributed by atoms with Gasteiger partial charge in [0.1, 0.15) is 5.82 Å². The SMILES string of the molecule is CN(c1cccc(F)c1)S(=O)(=O)c1ccc(N)cc1. The molecule has 0 aromatic heterocycles. The van der Waals surface area contributed by atoms with Crippen molar-refractivity contribution in [2.24, 2.45) is 0 Å². The lowest BCUT2D eigenvalue weighted by molar-refractivity contribution is 0.594. The van der Waals surface area contributed by atoms with Crippen LogP contribution in [-0.2, 0) is 10.0 Å². The largest absolute Gasteiger partial charge is 0.399 e. The third-order valence-electron chi connectivity index (χ3n) is 2.71. The summed E-state index contributed by atoms with van der Waals surface area (Å²) in [6.07, 6.45) is 0. The Hall–Kier alpha value is -2.08. The van der Waals surface area contributed by atoms with E-state index in [0.717, 1.165) is 10.4 Å². The highest BCUT2D eigenvalue weighted by Gasteiger charge is 2.21. The normalized spacial score (nSPS) is 11.3. The van der Waals surface area contributed by atoms with Crippen LogP contribution >= 0.6 is 0 Å². The first-order valence-electron chi connectivity index (χ1n) is 5.51. The smallest absolute Gasteiger partial charge is 0.264 e. The Morgan fingerprint density at radius 3 is 2.32 bits per heavy atom. The zero-order chi connectivity index (χ0) is 14.0. The van der Waals surface area contributed by atoms with Gasteiger partial charge in [-0.3, -0.25) is 4.31 Å².